The highest BCUT2D eigenvalue weighted by Crippen LogP contribution is 2.26. The third-order valence-electron chi connectivity index (χ3n) is 4.04. The molecule has 0 radical (unpaired) electrons. The fourth-order valence-electron chi connectivity index (χ4n) is 3.02. The molecule has 3 heterocycles. The summed E-state index contributed by atoms with van der Waals surface area (Å²) in [6.45, 7) is 12.3. The maximum Gasteiger partial charge on any atom is 0.501 e. The van der Waals surface area contributed by atoms with Crippen molar-refractivity contribution in [3.8, 4) is 0 Å². The Balaban J connectivity index is 1.95. The fraction of sp³-hybridized carbons (Fsp3) is 0.812. The van der Waals surface area contributed by atoms with E-state index in [1.54, 1.807) is 0 Å². The Morgan fingerprint density at radius 3 is 2.70 bits per heavy atom. The highest BCUT2D eigenvalue weighted by molar-refractivity contribution is 6.60. The SMILES string of the molecule is C=CC(=O)OCCC[Si]12OCCN(CCO1)CC(CC(C)C)O2. The van der Waals surface area contributed by atoms with E-state index in [2.05, 4.69) is 25.3 Å². The van der Waals surface area contributed by atoms with Gasteiger partial charge in [-0.1, -0.05) is 20.4 Å². The van der Waals surface area contributed by atoms with Crippen molar-refractivity contribution in [3.63, 3.8) is 0 Å². The molecule has 3 aliphatic rings. The van der Waals surface area contributed by atoms with Crippen LogP contribution < -0.4 is 0 Å². The van der Waals surface area contributed by atoms with E-state index >= 15 is 0 Å². The Labute approximate surface area is 140 Å². The zero-order chi connectivity index (χ0) is 16.7. The van der Waals surface area contributed by atoms with Crippen LogP contribution in [-0.4, -0.2) is 65.2 Å². The summed E-state index contributed by atoms with van der Waals surface area (Å²) < 4.78 is 23.6. The van der Waals surface area contributed by atoms with Crippen LogP contribution in [0.1, 0.15) is 26.7 Å². The molecule has 0 amide bonds. The first kappa shape index (κ1) is 18.6. The van der Waals surface area contributed by atoms with E-state index in [1.807, 2.05) is 0 Å². The van der Waals surface area contributed by atoms with Crippen LogP contribution in [0.25, 0.3) is 0 Å². The van der Waals surface area contributed by atoms with Crippen LogP contribution in [-0.2, 0) is 22.8 Å². The lowest BCUT2D eigenvalue weighted by Crippen LogP contribution is -2.58. The number of ether oxygens (including phenoxy) is 1. The molecule has 3 fully saturated rings. The van der Waals surface area contributed by atoms with Crippen molar-refractivity contribution in [1.29, 1.82) is 0 Å². The molecule has 1 unspecified atom stereocenters. The summed E-state index contributed by atoms with van der Waals surface area (Å²) in [5, 5.41) is 0. The second-order valence-electron chi connectivity index (χ2n) is 6.53. The van der Waals surface area contributed by atoms with E-state index in [4.69, 9.17) is 18.0 Å². The molecule has 3 aliphatic heterocycles. The third-order valence-corrected chi connectivity index (χ3v) is 6.99. The van der Waals surface area contributed by atoms with E-state index in [0.29, 0.717) is 38.2 Å². The first-order valence-corrected chi connectivity index (χ1v) is 10.4. The highest BCUT2D eigenvalue weighted by Gasteiger charge is 2.46. The van der Waals surface area contributed by atoms with Gasteiger partial charge in [0.15, 0.2) is 0 Å². The maximum absolute atomic E-state index is 11.1. The lowest BCUT2D eigenvalue weighted by atomic mass is 10.1. The molecule has 6 nitrogen and oxygen atoms in total. The molecule has 0 aliphatic carbocycles. The summed E-state index contributed by atoms with van der Waals surface area (Å²) in [5.74, 6) is 0.177. The largest absolute Gasteiger partial charge is 0.501 e. The number of fused-ring (bicyclic) bond motifs is 6. The van der Waals surface area contributed by atoms with Gasteiger partial charge in [-0.05, 0) is 18.8 Å². The molecule has 0 spiro atoms. The molecular formula is C16H29NO5Si. The number of nitrogens with zero attached hydrogens (tertiary/aromatic N) is 1. The molecule has 23 heavy (non-hydrogen) atoms. The Morgan fingerprint density at radius 1 is 1.39 bits per heavy atom. The summed E-state index contributed by atoms with van der Waals surface area (Å²) >= 11 is 0. The lowest BCUT2D eigenvalue weighted by molar-refractivity contribution is -0.137. The van der Waals surface area contributed by atoms with Gasteiger partial charge in [0, 0.05) is 31.8 Å². The van der Waals surface area contributed by atoms with Gasteiger partial charge in [-0.25, -0.2) is 4.79 Å². The van der Waals surface area contributed by atoms with Crippen LogP contribution in [0, 0.1) is 5.92 Å². The number of carbonyl (C=O) groups excluding carboxylic acids is 1. The molecule has 0 aromatic rings. The first-order chi connectivity index (χ1) is 11.0. The summed E-state index contributed by atoms with van der Waals surface area (Å²) in [5.41, 5.74) is 0. The summed E-state index contributed by atoms with van der Waals surface area (Å²) in [6, 6.07) is 0.687. The molecule has 3 rings (SSSR count). The fourth-order valence-corrected chi connectivity index (χ4v) is 5.70. The van der Waals surface area contributed by atoms with Crippen LogP contribution in [0.15, 0.2) is 12.7 Å². The van der Waals surface area contributed by atoms with E-state index in [-0.39, 0.29) is 6.10 Å². The average molecular weight is 343 g/mol. The zero-order valence-corrected chi connectivity index (χ0v) is 15.3. The monoisotopic (exact) mass is 343 g/mol. The highest BCUT2D eigenvalue weighted by atomic mass is 28.4. The van der Waals surface area contributed by atoms with Crippen LogP contribution in [0.5, 0.6) is 0 Å². The first-order valence-electron chi connectivity index (χ1n) is 8.50. The predicted octanol–water partition coefficient (Wildman–Crippen LogP) is 1.84. The minimum absolute atomic E-state index is 0.151. The quantitative estimate of drug-likeness (QED) is 0.304. The smallest absolute Gasteiger partial charge is 0.463 e. The molecule has 7 heteroatoms. The predicted molar refractivity (Wildman–Crippen MR) is 89.0 cm³/mol. The molecule has 0 saturated carbocycles. The van der Waals surface area contributed by atoms with E-state index in [1.165, 1.54) is 6.08 Å². The Kier molecular flexibility index (Phi) is 7.23. The second-order valence-corrected chi connectivity index (χ2v) is 9.20. The molecule has 1 atom stereocenters. The normalized spacial score (nSPS) is 31.3. The molecule has 0 aromatic heterocycles. The minimum atomic E-state index is -2.68. The Morgan fingerprint density at radius 2 is 2.09 bits per heavy atom. The molecule has 0 aromatic carbocycles. The van der Waals surface area contributed by atoms with Gasteiger partial charge in [-0.3, -0.25) is 4.90 Å². The van der Waals surface area contributed by atoms with Gasteiger partial charge < -0.3 is 18.0 Å². The molecule has 0 N–H and O–H groups in total. The average Bonchev–Trinajstić information content (AvgIpc) is 2.45. The van der Waals surface area contributed by atoms with Crippen LogP contribution >= 0.6 is 0 Å². The van der Waals surface area contributed by atoms with Gasteiger partial charge in [0.25, 0.3) is 0 Å². The van der Waals surface area contributed by atoms with Crippen molar-refractivity contribution in [2.45, 2.75) is 38.8 Å². The minimum Gasteiger partial charge on any atom is -0.463 e. The van der Waals surface area contributed by atoms with E-state index < -0.39 is 14.8 Å². The van der Waals surface area contributed by atoms with E-state index in [9.17, 15) is 4.79 Å². The number of hydrogen-bond acceptors (Lipinski definition) is 6. The molecule has 2 bridgehead atoms. The van der Waals surface area contributed by atoms with Crippen molar-refractivity contribution in [2.75, 3.05) is 39.5 Å². The van der Waals surface area contributed by atoms with Crippen molar-refractivity contribution in [3.05, 3.63) is 12.7 Å². The Bertz CT molecular complexity index is 394. The molecule has 3 saturated heterocycles. The lowest BCUT2D eigenvalue weighted by Gasteiger charge is -2.42. The number of carbonyl (C=O) groups is 1. The van der Waals surface area contributed by atoms with Gasteiger partial charge in [0.05, 0.1) is 25.9 Å². The standard InChI is InChI=1S/C16H29NO5Si/c1-4-16(18)19-8-5-11-23-20-9-6-17(7-10-21-23)13-15(22-23)12-14(2)3/h4,14-15H,1,5-13H2,2-3H3. The van der Waals surface area contributed by atoms with Crippen molar-refractivity contribution in [2.24, 2.45) is 5.92 Å². The summed E-state index contributed by atoms with van der Waals surface area (Å²) in [4.78, 5) is 13.5. The summed E-state index contributed by atoms with van der Waals surface area (Å²) in [6.07, 6.45) is 3.02. The van der Waals surface area contributed by atoms with Crippen LogP contribution in [0.4, 0.5) is 0 Å². The third kappa shape index (κ3) is 6.00. The second kappa shape index (κ2) is 8.94. The number of rotatable bonds is 7. The van der Waals surface area contributed by atoms with Crippen LogP contribution in [0.2, 0.25) is 6.04 Å². The molecule has 132 valence electrons. The van der Waals surface area contributed by atoms with Gasteiger partial charge >= 0.3 is 14.8 Å². The van der Waals surface area contributed by atoms with Gasteiger partial charge in [0.1, 0.15) is 0 Å². The zero-order valence-electron chi connectivity index (χ0n) is 14.3. The number of esters is 1. The van der Waals surface area contributed by atoms with Gasteiger partial charge in [-0.2, -0.15) is 0 Å². The van der Waals surface area contributed by atoms with Crippen molar-refractivity contribution < 1.29 is 22.8 Å². The van der Waals surface area contributed by atoms with Gasteiger partial charge in [-0.15, -0.1) is 0 Å². The summed E-state index contributed by atoms with van der Waals surface area (Å²) in [7, 11) is -2.68. The molecular weight excluding hydrogens is 314 g/mol. The van der Waals surface area contributed by atoms with Crippen LogP contribution in [0.3, 0.4) is 0 Å². The number of hydrogen-bond donors (Lipinski definition) is 0. The Hall–Kier alpha value is -0.733. The topological polar surface area (TPSA) is 57.2 Å². The van der Waals surface area contributed by atoms with Crippen molar-refractivity contribution >= 4 is 14.8 Å². The maximum atomic E-state index is 11.1. The van der Waals surface area contributed by atoms with Gasteiger partial charge in [0.2, 0.25) is 0 Å². The van der Waals surface area contributed by atoms with E-state index in [0.717, 1.165) is 26.1 Å². The van der Waals surface area contributed by atoms with Crippen molar-refractivity contribution in [1.82, 2.24) is 4.90 Å².